The van der Waals surface area contributed by atoms with E-state index in [0.717, 1.165) is 51.3 Å². The second-order valence-electron chi connectivity index (χ2n) is 7.91. The van der Waals surface area contributed by atoms with Crippen LogP contribution in [0.5, 0.6) is 0 Å². The first kappa shape index (κ1) is 19.1. The van der Waals surface area contributed by atoms with Crippen LogP contribution in [0.15, 0.2) is 41.4 Å². The minimum atomic E-state index is 0.0778. The van der Waals surface area contributed by atoms with Gasteiger partial charge in [-0.2, -0.15) is 0 Å². The molecule has 0 bridgehead atoms. The van der Waals surface area contributed by atoms with Gasteiger partial charge in [0.1, 0.15) is 12.0 Å². The molecule has 0 unspecified atom stereocenters. The average molecular weight is 383 g/mol. The highest BCUT2D eigenvalue weighted by atomic mass is 16.5. The van der Waals surface area contributed by atoms with Crippen LogP contribution >= 0.6 is 0 Å². The van der Waals surface area contributed by atoms with Crippen LogP contribution in [0, 0.1) is 5.92 Å². The summed E-state index contributed by atoms with van der Waals surface area (Å²) in [6.07, 6.45) is 9.73. The van der Waals surface area contributed by atoms with Gasteiger partial charge < -0.3 is 9.84 Å². The van der Waals surface area contributed by atoms with E-state index >= 15 is 0 Å². The highest BCUT2D eigenvalue weighted by molar-refractivity contribution is 5.78. The van der Waals surface area contributed by atoms with Gasteiger partial charge in [0, 0.05) is 37.6 Å². The third kappa shape index (κ3) is 4.97. The van der Waals surface area contributed by atoms with Gasteiger partial charge in [0.15, 0.2) is 0 Å². The number of aromatic nitrogens is 2. The number of carbonyl (C=O) groups excluding carboxylic acids is 1. The molecule has 2 aliphatic rings. The summed E-state index contributed by atoms with van der Waals surface area (Å²) in [7, 11) is 0. The van der Waals surface area contributed by atoms with E-state index in [4.69, 9.17) is 4.52 Å². The third-order valence-corrected chi connectivity index (χ3v) is 5.96. The van der Waals surface area contributed by atoms with Crippen LogP contribution in [0.25, 0.3) is 0 Å². The van der Waals surface area contributed by atoms with Crippen molar-refractivity contribution in [3.8, 4) is 0 Å². The Labute approximate surface area is 166 Å². The van der Waals surface area contributed by atoms with Crippen molar-refractivity contribution >= 4 is 5.91 Å². The van der Waals surface area contributed by atoms with Crippen LogP contribution in [0.4, 0.5) is 0 Å². The predicted molar refractivity (Wildman–Crippen MR) is 105 cm³/mol. The van der Waals surface area contributed by atoms with Gasteiger partial charge in [0.2, 0.25) is 5.91 Å². The maximum Gasteiger partial charge on any atom is 0.224 e. The van der Waals surface area contributed by atoms with E-state index in [1.54, 1.807) is 6.07 Å². The average Bonchev–Trinajstić information content (AvgIpc) is 3.27. The normalized spacial score (nSPS) is 22.2. The Kier molecular flexibility index (Phi) is 6.34. The Bertz CT molecular complexity index is 729. The topological polar surface area (TPSA) is 74.5 Å². The molecule has 0 spiro atoms. The monoisotopic (exact) mass is 383 g/mol. The summed E-state index contributed by atoms with van der Waals surface area (Å²) in [5.74, 6) is 0.218. The van der Waals surface area contributed by atoms with Gasteiger partial charge in [-0.25, -0.2) is 0 Å². The molecule has 150 valence electrons. The first-order chi connectivity index (χ1) is 13.8. The second kappa shape index (κ2) is 9.30. The molecule has 2 aromatic heterocycles. The minimum Gasteiger partial charge on any atom is -0.364 e. The zero-order valence-electron chi connectivity index (χ0n) is 16.3. The van der Waals surface area contributed by atoms with Crippen molar-refractivity contribution in [1.29, 1.82) is 0 Å². The summed E-state index contributed by atoms with van der Waals surface area (Å²) in [6.45, 7) is 5.63. The molecule has 2 fully saturated rings. The number of piperidine rings is 2. The molecule has 1 amide bonds. The largest absolute Gasteiger partial charge is 0.364 e. The summed E-state index contributed by atoms with van der Waals surface area (Å²) in [5, 5.41) is 6.86. The van der Waals surface area contributed by atoms with E-state index in [1.807, 2.05) is 18.5 Å². The zero-order valence-corrected chi connectivity index (χ0v) is 16.3. The molecular formula is C21H29N5O2. The van der Waals surface area contributed by atoms with Gasteiger partial charge in [0.05, 0.1) is 12.5 Å². The van der Waals surface area contributed by atoms with Crippen LogP contribution in [0.1, 0.15) is 36.9 Å². The zero-order chi connectivity index (χ0) is 19.2. The molecule has 0 aliphatic carbocycles. The maximum atomic E-state index is 12.6. The fourth-order valence-corrected chi connectivity index (χ4v) is 4.40. The first-order valence-electron chi connectivity index (χ1n) is 10.3. The van der Waals surface area contributed by atoms with Crippen molar-refractivity contribution in [2.75, 3.05) is 26.2 Å². The highest BCUT2D eigenvalue weighted by Crippen LogP contribution is 2.24. The minimum absolute atomic E-state index is 0.0778. The smallest absolute Gasteiger partial charge is 0.224 e. The van der Waals surface area contributed by atoms with Crippen LogP contribution < -0.4 is 5.32 Å². The molecule has 1 atom stereocenters. The molecule has 7 heteroatoms. The predicted octanol–water partition coefficient (Wildman–Crippen LogP) is 2.06. The lowest BCUT2D eigenvalue weighted by atomic mass is 9.93. The van der Waals surface area contributed by atoms with Crippen LogP contribution in [0.3, 0.4) is 0 Å². The van der Waals surface area contributed by atoms with Crippen LogP contribution in [0.2, 0.25) is 0 Å². The number of hydrogen-bond acceptors (Lipinski definition) is 6. The Balaban J connectivity index is 1.23. The van der Waals surface area contributed by atoms with Gasteiger partial charge >= 0.3 is 0 Å². The number of amides is 1. The first-order valence-corrected chi connectivity index (χ1v) is 10.3. The summed E-state index contributed by atoms with van der Waals surface area (Å²) < 4.78 is 4.82. The molecule has 0 radical (unpaired) electrons. The number of likely N-dealkylation sites (tertiary alicyclic amines) is 2. The van der Waals surface area contributed by atoms with Crippen LogP contribution in [-0.4, -0.2) is 58.1 Å². The van der Waals surface area contributed by atoms with E-state index in [9.17, 15) is 4.79 Å². The third-order valence-electron chi connectivity index (χ3n) is 5.96. The number of carbonyl (C=O) groups is 1. The van der Waals surface area contributed by atoms with E-state index < -0.39 is 0 Å². The molecule has 7 nitrogen and oxygen atoms in total. The van der Waals surface area contributed by atoms with Gasteiger partial charge in [-0.3, -0.25) is 19.6 Å². The standard InChI is InChI=1S/C21H29N5O2/c27-21(23-14-19-7-12-28-24-19)18-4-2-9-26(16-18)20-5-10-25(11-6-20)15-17-3-1-8-22-13-17/h1,3,7-8,12-13,18,20H,2,4-6,9-11,14-16H2,(H,23,27)/t18-/m0/s1. The van der Waals surface area contributed by atoms with Crippen molar-refractivity contribution in [3.63, 3.8) is 0 Å². The Morgan fingerprint density at radius 1 is 1.21 bits per heavy atom. The second-order valence-corrected chi connectivity index (χ2v) is 7.91. The summed E-state index contributed by atoms with van der Waals surface area (Å²) in [4.78, 5) is 21.8. The molecule has 4 rings (SSSR count). The Morgan fingerprint density at radius 3 is 2.86 bits per heavy atom. The molecule has 0 saturated carbocycles. The van der Waals surface area contributed by atoms with E-state index in [-0.39, 0.29) is 11.8 Å². The quantitative estimate of drug-likeness (QED) is 0.823. The maximum absolute atomic E-state index is 12.6. The molecule has 2 saturated heterocycles. The fraction of sp³-hybridized carbons (Fsp3) is 0.571. The number of hydrogen-bond donors (Lipinski definition) is 1. The molecular weight excluding hydrogens is 354 g/mol. The van der Waals surface area contributed by atoms with Crippen LogP contribution in [-0.2, 0) is 17.9 Å². The van der Waals surface area contributed by atoms with Crippen molar-refractivity contribution in [2.45, 2.75) is 44.8 Å². The van der Waals surface area contributed by atoms with Crippen molar-refractivity contribution < 1.29 is 9.32 Å². The Hall–Kier alpha value is -2.25. The fourth-order valence-electron chi connectivity index (χ4n) is 4.40. The number of pyridine rings is 1. The number of rotatable bonds is 6. The van der Waals surface area contributed by atoms with Crippen molar-refractivity contribution in [2.24, 2.45) is 5.92 Å². The molecule has 2 aromatic rings. The summed E-state index contributed by atoms with van der Waals surface area (Å²) in [5.41, 5.74) is 2.05. The van der Waals surface area contributed by atoms with Crippen molar-refractivity contribution in [1.82, 2.24) is 25.3 Å². The number of nitrogens with one attached hydrogen (secondary N) is 1. The van der Waals surface area contributed by atoms with Gasteiger partial charge in [-0.15, -0.1) is 0 Å². The summed E-state index contributed by atoms with van der Waals surface area (Å²) in [6, 6.07) is 6.53. The van der Waals surface area contributed by atoms with E-state index in [2.05, 4.69) is 31.3 Å². The lowest BCUT2D eigenvalue weighted by Gasteiger charge is -2.42. The molecule has 4 heterocycles. The molecule has 28 heavy (non-hydrogen) atoms. The highest BCUT2D eigenvalue weighted by Gasteiger charge is 2.31. The molecule has 0 aromatic carbocycles. The van der Waals surface area contributed by atoms with Gasteiger partial charge in [-0.1, -0.05) is 11.2 Å². The molecule has 2 aliphatic heterocycles. The van der Waals surface area contributed by atoms with Gasteiger partial charge in [-0.05, 0) is 56.9 Å². The lowest BCUT2D eigenvalue weighted by Crippen LogP contribution is -2.50. The lowest BCUT2D eigenvalue weighted by molar-refractivity contribution is -0.127. The van der Waals surface area contributed by atoms with Gasteiger partial charge in [0.25, 0.3) is 0 Å². The number of nitrogens with zero attached hydrogens (tertiary/aromatic N) is 4. The Morgan fingerprint density at radius 2 is 2.11 bits per heavy atom. The SMILES string of the molecule is O=C(NCc1ccon1)[C@H]1CCCN(C2CCN(Cc3cccnc3)CC2)C1. The van der Waals surface area contributed by atoms with Crippen molar-refractivity contribution in [3.05, 3.63) is 48.1 Å². The molecule has 1 N–H and O–H groups in total. The van der Waals surface area contributed by atoms with E-state index in [0.29, 0.717) is 12.6 Å². The van der Waals surface area contributed by atoms with E-state index in [1.165, 1.54) is 24.7 Å². The summed E-state index contributed by atoms with van der Waals surface area (Å²) >= 11 is 0.